The highest BCUT2D eigenvalue weighted by molar-refractivity contribution is 5.94. The Hall–Kier alpha value is -3.34. The van der Waals surface area contributed by atoms with Gasteiger partial charge in [0.25, 0.3) is 5.91 Å². The topological polar surface area (TPSA) is 47.4 Å². The molecule has 0 aliphatic rings. The second-order valence-electron chi connectivity index (χ2n) is 6.60. The number of imidazole rings is 1. The Balaban J connectivity index is 1.81. The number of ether oxygens (including phenoxy) is 1. The van der Waals surface area contributed by atoms with Crippen molar-refractivity contribution in [1.82, 2.24) is 14.5 Å². The van der Waals surface area contributed by atoms with E-state index in [2.05, 4.69) is 35.2 Å². The predicted molar refractivity (Wildman–Crippen MR) is 110 cm³/mol. The van der Waals surface area contributed by atoms with E-state index >= 15 is 0 Å². The van der Waals surface area contributed by atoms with Gasteiger partial charge in [0.1, 0.15) is 11.6 Å². The monoisotopic (exact) mass is 375 g/mol. The van der Waals surface area contributed by atoms with Gasteiger partial charge in [0, 0.05) is 31.0 Å². The van der Waals surface area contributed by atoms with Crippen molar-refractivity contribution in [3.63, 3.8) is 0 Å². The fraction of sp³-hybridized carbons (Fsp3) is 0.217. The highest BCUT2D eigenvalue weighted by Crippen LogP contribution is 2.17. The second kappa shape index (κ2) is 9.04. The number of amides is 1. The second-order valence-corrected chi connectivity index (χ2v) is 6.60. The Morgan fingerprint density at radius 2 is 2.07 bits per heavy atom. The molecule has 5 nitrogen and oxygen atoms in total. The number of methoxy groups -OCH3 is 1. The minimum atomic E-state index is -0.0794. The van der Waals surface area contributed by atoms with Crippen LogP contribution in [0.5, 0.6) is 5.75 Å². The summed E-state index contributed by atoms with van der Waals surface area (Å²) in [5.74, 6) is 1.41. The molecule has 1 amide bonds. The smallest absolute Gasteiger partial charge is 0.254 e. The lowest BCUT2D eigenvalue weighted by Gasteiger charge is -2.22. The van der Waals surface area contributed by atoms with Crippen molar-refractivity contribution >= 4 is 5.91 Å². The van der Waals surface area contributed by atoms with E-state index in [1.54, 1.807) is 36.4 Å². The fourth-order valence-electron chi connectivity index (χ4n) is 3.09. The lowest BCUT2D eigenvalue weighted by atomic mass is 10.1. The lowest BCUT2D eigenvalue weighted by Crippen LogP contribution is -2.32. The molecular weight excluding hydrogens is 350 g/mol. The van der Waals surface area contributed by atoms with Gasteiger partial charge in [-0.05, 0) is 36.2 Å². The first-order chi connectivity index (χ1) is 13.6. The van der Waals surface area contributed by atoms with Crippen LogP contribution in [0.3, 0.4) is 0 Å². The predicted octanol–water partition coefficient (Wildman–Crippen LogP) is 4.08. The van der Waals surface area contributed by atoms with Crippen LogP contribution in [0.1, 0.15) is 27.3 Å². The molecule has 144 valence electrons. The van der Waals surface area contributed by atoms with Crippen molar-refractivity contribution in [2.24, 2.45) is 0 Å². The molecule has 5 heteroatoms. The molecule has 2 aromatic carbocycles. The summed E-state index contributed by atoms with van der Waals surface area (Å²) < 4.78 is 7.32. The molecule has 0 radical (unpaired) electrons. The zero-order valence-electron chi connectivity index (χ0n) is 16.3. The van der Waals surface area contributed by atoms with Crippen LogP contribution in [-0.4, -0.2) is 34.0 Å². The summed E-state index contributed by atoms with van der Waals surface area (Å²) in [6.45, 7) is 7.46. The van der Waals surface area contributed by atoms with Gasteiger partial charge in [-0.15, -0.1) is 6.58 Å². The van der Waals surface area contributed by atoms with Crippen LogP contribution in [-0.2, 0) is 13.1 Å². The average molecular weight is 375 g/mol. The quantitative estimate of drug-likeness (QED) is 0.558. The first kappa shape index (κ1) is 19.4. The molecule has 0 bridgehead atoms. The Labute approximate surface area is 165 Å². The molecule has 0 N–H and O–H groups in total. The third-order valence-electron chi connectivity index (χ3n) is 4.69. The van der Waals surface area contributed by atoms with Gasteiger partial charge < -0.3 is 14.2 Å². The van der Waals surface area contributed by atoms with Gasteiger partial charge in [-0.2, -0.15) is 0 Å². The van der Waals surface area contributed by atoms with Crippen molar-refractivity contribution in [1.29, 1.82) is 0 Å². The van der Waals surface area contributed by atoms with Crippen molar-refractivity contribution in [2.45, 2.75) is 20.0 Å². The summed E-state index contributed by atoms with van der Waals surface area (Å²) in [4.78, 5) is 19.3. The number of rotatable bonds is 8. The maximum absolute atomic E-state index is 13.0. The molecule has 0 fully saturated rings. The van der Waals surface area contributed by atoms with Gasteiger partial charge in [0.05, 0.1) is 13.7 Å². The van der Waals surface area contributed by atoms with Crippen LogP contribution in [0.15, 0.2) is 73.6 Å². The van der Waals surface area contributed by atoms with Crippen molar-refractivity contribution in [2.75, 3.05) is 13.7 Å². The molecule has 28 heavy (non-hydrogen) atoms. The summed E-state index contributed by atoms with van der Waals surface area (Å²) in [6, 6.07) is 15.5. The van der Waals surface area contributed by atoms with Gasteiger partial charge in [-0.25, -0.2) is 4.98 Å². The third-order valence-corrected chi connectivity index (χ3v) is 4.69. The average Bonchev–Trinajstić information content (AvgIpc) is 3.15. The molecule has 0 unspecified atom stereocenters. The zero-order chi connectivity index (χ0) is 19.9. The molecule has 0 saturated carbocycles. The van der Waals surface area contributed by atoms with Crippen LogP contribution in [0, 0.1) is 6.92 Å². The van der Waals surface area contributed by atoms with E-state index in [1.807, 2.05) is 30.5 Å². The minimum Gasteiger partial charge on any atom is -0.497 e. The van der Waals surface area contributed by atoms with Gasteiger partial charge >= 0.3 is 0 Å². The first-order valence-corrected chi connectivity index (χ1v) is 9.21. The summed E-state index contributed by atoms with van der Waals surface area (Å²) in [5.41, 5.74) is 3.05. The lowest BCUT2D eigenvalue weighted by molar-refractivity contribution is 0.0757. The fourth-order valence-corrected chi connectivity index (χ4v) is 3.09. The molecule has 0 spiro atoms. The molecule has 3 aromatic rings. The Morgan fingerprint density at radius 1 is 1.25 bits per heavy atom. The molecule has 1 heterocycles. The van der Waals surface area contributed by atoms with E-state index in [-0.39, 0.29) is 5.91 Å². The number of nitrogens with zero attached hydrogens (tertiary/aromatic N) is 3. The van der Waals surface area contributed by atoms with Gasteiger partial charge in [-0.3, -0.25) is 4.79 Å². The van der Waals surface area contributed by atoms with E-state index < -0.39 is 0 Å². The van der Waals surface area contributed by atoms with Crippen LogP contribution < -0.4 is 4.74 Å². The number of aryl methyl sites for hydroxylation is 1. The number of hydrogen-bond acceptors (Lipinski definition) is 3. The van der Waals surface area contributed by atoms with Crippen LogP contribution in [0.2, 0.25) is 0 Å². The minimum absolute atomic E-state index is 0.0794. The highest BCUT2D eigenvalue weighted by atomic mass is 16.5. The number of carbonyl (C=O) groups is 1. The third kappa shape index (κ3) is 4.49. The Kier molecular flexibility index (Phi) is 6.27. The molecule has 0 atom stereocenters. The highest BCUT2D eigenvalue weighted by Gasteiger charge is 2.18. The van der Waals surface area contributed by atoms with Gasteiger partial charge in [-0.1, -0.05) is 36.4 Å². The summed E-state index contributed by atoms with van der Waals surface area (Å²) in [7, 11) is 1.59. The number of hydrogen-bond donors (Lipinski definition) is 0. The van der Waals surface area contributed by atoms with E-state index in [0.29, 0.717) is 24.4 Å². The maximum Gasteiger partial charge on any atom is 0.254 e. The van der Waals surface area contributed by atoms with Crippen molar-refractivity contribution in [3.8, 4) is 5.75 Å². The largest absolute Gasteiger partial charge is 0.497 e. The SMILES string of the molecule is C=CCN(Cc1nccn1Cc1ccccc1C)C(=O)c1cccc(OC)c1. The van der Waals surface area contributed by atoms with Crippen LogP contribution in [0.25, 0.3) is 0 Å². The van der Waals surface area contributed by atoms with E-state index in [9.17, 15) is 4.79 Å². The molecule has 0 aliphatic carbocycles. The summed E-state index contributed by atoms with van der Waals surface area (Å²) in [5, 5.41) is 0. The molecule has 0 saturated heterocycles. The molecule has 3 rings (SSSR count). The van der Waals surface area contributed by atoms with Gasteiger partial charge in [0.15, 0.2) is 0 Å². The standard InChI is InChI=1S/C23H25N3O2/c1-4-13-26(23(27)19-10-7-11-21(15-19)28-3)17-22-24-12-14-25(22)16-20-9-6-5-8-18(20)2/h4-12,14-15H,1,13,16-17H2,2-3H3. The van der Waals surface area contributed by atoms with Gasteiger partial charge in [0.2, 0.25) is 0 Å². The number of aromatic nitrogens is 2. The van der Waals surface area contributed by atoms with Crippen LogP contribution in [0.4, 0.5) is 0 Å². The first-order valence-electron chi connectivity index (χ1n) is 9.21. The maximum atomic E-state index is 13.0. The van der Waals surface area contributed by atoms with Crippen LogP contribution >= 0.6 is 0 Å². The molecule has 0 aliphatic heterocycles. The molecule has 1 aromatic heterocycles. The number of carbonyl (C=O) groups excluding carboxylic acids is 1. The van der Waals surface area contributed by atoms with E-state index in [0.717, 1.165) is 12.4 Å². The number of benzene rings is 2. The summed E-state index contributed by atoms with van der Waals surface area (Å²) in [6.07, 6.45) is 5.45. The van der Waals surface area contributed by atoms with Crippen molar-refractivity contribution < 1.29 is 9.53 Å². The summed E-state index contributed by atoms with van der Waals surface area (Å²) >= 11 is 0. The van der Waals surface area contributed by atoms with Crippen molar-refractivity contribution in [3.05, 3.63) is 96.1 Å². The molecular formula is C23H25N3O2. The Bertz CT molecular complexity index is 962. The normalized spacial score (nSPS) is 10.5. The van der Waals surface area contributed by atoms with E-state index in [4.69, 9.17) is 4.74 Å². The zero-order valence-corrected chi connectivity index (χ0v) is 16.3. The Morgan fingerprint density at radius 3 is 2.82 bits per heavy atom. The van der Waals surface area contributed by atoms with E-state index in [1.165, 1.54) is 11.1 Å².